The zero-order valence-electron chi connectivity index (χ0n) is 11.4. The minimum atomic E-state index is 0.317. The lowest BCUT2D eigenvalue weighted by Crippen LogP contribution is -2.30. The van der Waals surface area contributed by atoms with Crippen molar-refractivity contribution in [3.8, 4) is 5.75 Å². The molecule has 0 unspecified atom stereocenters. The van der Waals surface area contributed by atoms with Crippen molar-refractivity contribution in [3.63, 3.8) is 0 Å². The maximum atomic E-state index is 5.44. The van der Waals surface area contributed by atoms with Gasteiger partial charge in [0.05, 0.1) is 18.1 Å². The Morgan fingerprint density at radius 2 is 2.20 bits per heavy atom. The molecular formula is C14H17Br2N3O. The molecule has 0 saturated heterocycles. The second-order valence-electron chi connectivity index (χ2n) is 4.59. The lowest BCUT2D eigenvalue weighted by molar-refractivity contribution is 0.398. The van der Waals surface area contributed by atoms with Crippen LogP contribution in [0.15, 0.2) is 39.5 Å². The molecule has 1 aromatic heterocycles. The Morgan fingerprint density at radius 3 is 2.85 bits per heavy atom. The normalized spacial score (nSPS) is 12.4. The number of hydrogen-bond acceptors (Lipinski definition) is 3. The van der Waals surface area contributed by atoms with E-state index in [1.807, 2.05) is 23.0 Å². The van der Waals surface area contributed by atoms with Crippen LogP contribution in [0.3, 0.4) is 0 Å². The summed E-state index contributed by atoms with van der Waals surface area (Å²) in [4.78, 5) is 0. The summed E-state index contributed by atoms with van der Waals surface area (Å²) in [5.74, 6) is 0.868. The van der Waals surface area contributed by atoms with Crippen LogP contribution in [0.25, 0.3) is 0 Å². The molecule has 0 aliphatic heterocycles. The van der Waals surface area contributed by atoms with Crippen LogP contribution in [-0.4, -0.2) is 22.9 Å². The molecule has 20 heavy (non-hydrogen) atoms. The molecule has 1 heterocycles. The first-order chi connectivity index (χ1) is 9.60. The highest BCUT2D eigenvalue weighted by Crippen LogP contribution is 2.32. The SMILES string of the molecule is COc1c(Br)cc(Br)cc1CN[C@H](C)Cn1cccn1. The van der Waals surface area contributed by atoms with Gasteiger partial charge in [-0.25, -0.2) is 0 Å². The number of nitrogens with one attached hydrogen (secondary N) is 1. The quantitative estimate of drug-likeness (QED) is 0.802. The van der Waals surface area contributed by atoms with Gasteiger partial charge in [-0.3, -0.25) is 4.68 Å². The summed E-state index contributed by atoms with van der Waals surface area (Å²) in [6, 6.07) is 6.30. The molecule has 0 bridgehead atoms. The van der Waals surface area contributed by atoms with Gasteiger partial charge in [-0.1, -0.05) is 15.9 Å². The van der Waals surface area contributed by atoms with Gasteiger partial charge in [0.25, 0.3) is 0 Å². The Morgan fingerprint density at radius 1 is 1.40 bits per heavy atom. The Kier molecular flexibility index (Phi) is 5.63. The second-order valence-corrected chi connectivity index (χ2v) is 6.36. The molecule has 0 amide bonds. The first-order valence-electron chi connectivity index (χ1n) is 6.33. The predicted octanol–water partition coefficient (Wildman–Crippen LogP) is 3.60. The monoisotopic (exact) mass is 401 g/mol. The molecule has 6 heteroatoms. The summed E-state index contributed by atoms with van der Waals surface area (Å²) in [7, 11) is 1.69. The molecule has 0 spiro atoms. The van der Waals surface area contributed by atoms with E-state index < -0.39 is 0 Å². The molecule has 0 fully saturated rings. The van der Waals surface area contributed by atoms with Crippen molar-refractivity contribution in [2.24, 2.45) is 0 Å². The van der Waals surface area contributed by atoms with E-state index in [-0.39, 0.29) is 0 Å². The van der Waals surface area contributed by atoms with Gasteiger partial charge in [-0.2, -0.15) is 5.10 Å². The fourth-order valence-electron chi connectivity index (χ4n) is 2.01. The molecule has 1 aromatic carbocycles. The fraction of sp³-hybridized carbons (Fsp3) is 0.357. The molecule has 0 aliphatic carbocycles. The summed E-state index contributed by atoms with van der Waals surface area (Å²) in [5, 5.41) is 7.69. The number of halogens is 2. The molecule has 1 atom stereocenters. The predicted molar refractivity (Wildman–Crippen MR) is 86.9 cm³/mol. The third-order valence-corrected chi connectivity index (χ3v) is 4.00. The number of hydrogen-bond donors (Lipinski definition) is 1. The van der Waals surface area contributed by atoms with E-state index in [9.17, 15) is 0 Å². The first-order valence-corrected chi connectivity index (χ1v) is 7.91. The molecule has 2 aromatic rings. The van der Waals surface area contributed by atoms with Gasteiger partial charge in [0.15, 0.2) is 0 Å². The molecule has 0 aliphatic rings. The van der Waals surface area contributed by atoms with Crippen molar-refractivity contribution in [2.45, 2.75) is 26.1 Å². The Hall–Kier alpha value is -0.850. The summed E-state index contributed by atoms with van der Waals surface area (Å²) < 4.78 is 9.35. The Balaban J connectivity index is 1.99. The number of nitrogens with zero attached hydrogens (tertiary/aromatic N) is 2. The molecule has 0 radical (unpaired) electrons. The number of ether oxygens (including phenoxy) is 1. The highest BCUT2D eigenvalue weighted by molar-refractivity contribution is 9.11. The molecule has 4 nitrogen and oxygen atoms in total. The summed E-state index contributed by atoms with van der Waals surface area (Å²) >= 11 is 7.02. The molecule has 108 valence electrons. The number of methoxy groups -OCH3 is 1. The van der Waals surface area contributed by atoms with Crippen molar-refractivity contribution < 1.29 is 4.74 Å². The van der Waals surface area contributed by atoms with Crippen LogP contribution in [0.2, 0.25) is 0 Å². The lowest BCUT2D eigenvalue weighted by Gasteiger charge is -2.16. The van der Waals surface area contributed by atoms with Crippen LogP contribution >= 0.6 is 31.9 Å². The van der Waals surface area contributed by atoms with Gasteiger partial charge in [0.2, 0.25) is 0 Å². The van der Waals surface area contributed by atoms with Crippen molar-refractivity contribution in [1.29, 1.82) is 0 Å². The van der Waals surface area contributed by atoms with Crippen LogP contribution in [0.1, 0.15) is 12.5 Å². The highest BCUT2D eigenvalue weighted by Gasteiger charge is 2.10. The van der Waals surface area contributed by atoms with Crippen LogP contribution in [0, 0.1) is 0 Å². The smallest absolute Gasteiger partial charge is 0.137 e. The summed E-state index contributed by atoms with van der Waals surface area (Å²) in [6.45, 7) is 3.72. The standard InChI is InChI=1S/C14H17Br2N3O/c1-10(9-19-5-3-4-18-19)17-8-11-6-12(15)7-13(16)14(11)20-2/h3-7,10,17H,8-9H2,1-2H3/t10-/m1/s1. The highest BCUT2D eigenvalue weighted by atomic mass is 79.9. The van der Waals surface area contributed by atoms with Crippen molar-refractivity contribution in [3.05, 3.63) is 45.1 Å². The first kappa shape index (κ1) is 15.5. The van der Waals surface area contributed by atoms with Gasteiger partial charge < -0.3 is 10.1 Å². The third kappa shape index (κ3) is 4.07. The fourth-order valence-corrected chi connectivity index (χ4v) is 3.49. The number of benzene rings is 1. The van der Waals surface area contributed by atoms with Crippen molar-refractivity contribution >= 4 is 31.9 Å². The molecular weight excluding hydrogens is 386 g/mol. The van der Waals surface area contributed by atoms with Crippen molar-refractivity contribution in [1.82, 2.24) is 15.1 Å². The zero-order valence-corrected chi connectivity index (χ0v) is 14.6. The van der Waals surface area contributed by atoms with E-state index in [2.05, 4.69) is 55.3 Å². The molecule has 0 saturated carbocycles. The molecule has 1 N–H and O–H groups in total. The van der Waals surface area contributed by atoms with Crippen LogP contribution in [0.5, 0.6) is 5.75 Å². The largest absolute Gasteiger partial charge is 0.495 e. The maximum Gasteiger partial charge on any atom is 0.137 e. The summed E-state index contributed by atoms with van der Waals surface area (Å²) in [5.41, 5.74) is 1.11. The van der Waals surface area contributed by atoms with Crippen LogP contribution < -0.4 is 10.1 Å². The van der Waals surface area contributed by atoms with Gasteiger partial charge in [0.1, 0.15) is 5.75 Å². The second kappa shape index (κ2) is 7.24. The Labute approximate surface area is 135 Å². The van der Waals surface area contributed by atoms with E-state index in [1.54, 1.807) is 13.3 Å². The van der Waals surface area contributed by atoms with E-state index in [4.69, 9.17) is 4.74 Å². The minimum absolute atomic E-state index is 0.317. The Bertz CT molecular complexity index is 558. The third-order valence-electron chi connectivity index (χ3n) is 2.95. The van der Waals surface area contributed by atoms with Gasteiger partial charge in [-0.15, -0.1) is 0 Å². The number of aromatic nitrogens is 2. The zero-order chi connectivity index (χ0) is 14.5. The van der Waals surface area contributed by atoms with E-state index >= 15 is 0 Å². The average molecular weight is 403 g/mol. The van der Waals surface area contributed by atoms with Crippen molar-refractivity contribution in [2.75, 3.05) is 7.11 Å². The minimum Gasteiger partial charge on any atom is -0.495 e. The van der Waals surface area contributed by atoms with Gasteiger partial charge in [-0.05, 0) is 41.1 Å². The molecule has 2 rings (SSSR count). The average Bonchev–Trinajstić information content (AvgIpc) is 2.88. The van der Waals surface area contributed by atoms with Crippen LogP contribution in [-0.2, 0) is 13.1 Å². The van der Waals surface area contributed by atoms with E-state index in [0.29, 0.717) is 6.04 Å². The topological polar surface area (TPSA) is 39.1 Å². The van der Waals surface area contributed by atoms with E-state index in [1.165, 1.54) is 0 Å². The van der Waals surface area contributed by atoms with E-state index in [0.717, 1.165) is 33.3 Å². The summed E-state index contributed by atoms with van der Waals surface area (Å²) in [6.07, 6.45) is 3.76. The number of rotatable bonds is 6. The lowest BCUT2D eigenvalue weighted by atomic mass is 10.2. The maximum absolute atomic E-state index is 5.44. The van der Waals surface area contributed by atoms with Gasteiger partial charge in [0, 0.05) is 35.0 Å². The van der Waals surface area contributed by atoms with Crippen LogP contribution in [0.4, 0.5) is 0 Å². The van der Waals surface area contributed by atoms with Gasteiger partial charge >= 0.3 is 0 Å².